The maximum atomic E-state index is 12.2. The molecule has 0 unspecified atom stereocenters. The number of hydrogen-bond acceptors (Lipinski definition) is 2. The van der Waals surface area contributed by atoms with Gasteiger partial charge in [0, 0.05) is 24.3 Å². The number of carbonyl (C=O) groups is 1. The predicted octanol–water partition coefficient (Wildman–Crippen LogP) is 3.14. The highest BCUT2D eigenvalue weighted by molar-refractivity contribution is 6.30. The fourth-order valence-electron chi connectivity index (χ4n) is 2.34. The fourth-order valence-corrected chi connectivity index (χ4v) is 2.50. The third-order valence-corrected chi connectivity index (χ3v) is 3.62. The number of amides is 1. The molecule has 1 saturated carbocycles. The highest BCUT2D eigenvalue weighted by Crippen LogP contribution is 2.22. The van der Waals surface area contributed by atoms with Gasteiger partial charge in [0.15, 0.2) is 0 Å². The van der Waals surface area contributed by atoms with Gasteiger partial charge >= 0.3 is 0 Å². The molecule has 0 N–H and O–H groups in total. The Bertz CT molecular complexity index is 402. The van der Waals surface area contributed by atoms with Crippen molar-refractivity contribution >= 4 is 17.5 Å². The molecule has 3 nitrogen and oxygen atoms in total. The van der Waals surface area contributed by atoms with Crippen LogP contribution in [0.5, 0.6) is 0 Å². The molecule has 0 bridgehead atoms. The van der Waals surface area contributed by atoms with Crippen LogP contribution in [0.25, 0.3) is 0 Å². The first-order valence-corrected chi connectivity index (χ1v) is 6.45. The number of rotatable bonds is 2. The minimum atomic E-state index is -0.0283. The van der Waals surface area contributed by atoms with Crippen LogP contribution in [0.15, 0.2) is 18.3 Å². The van der Waals surface area contributed by atoms with E-state index in [1.165, 1.54) is 19.3 Å². The van der Waals surface area contributed by atoms with Gasteiger partial charge < -0.3 is 4.90 Å². The second kappa shape index (κ2) is 5.50. The Kier molecular flexibility index (Phi) is 4.00. The molecule has 0 saturated heterocycles. The molecule has 1 amide bonds. The van der Waals surface area contributed by atoms with Crippen molar-refractivity contribution < 1.29 is 4.79 Å². The Morgan fingerprint density at radius 2 is 2.12 bits per heavy atom. The van der Waals surface area contributed by atoms with E-state index in [1.807, 2.05) is 11.9 Å². The predicted molar refractivity (Wildman–Crippen MR) is 68.2 cm³/mol. The Morgan fingerprint density at radius 3 is 2.76 bits per heavy atom. The molecule has 0 spiro atoms. The van der Waals surface area contributed by atoms with Crippen molar-refractivity contribution in [3.8, 4) is 0 Å². The standard InChI is InChI=1S/C13H17ClN2O/c1-16(11-5-3-2-4-6-11)13(17)12-9-10(14)7-8-15-12/h7-9,11H,2-6H2,1H3. The molecule has 4 heteroatoms. The van der Waals surface area contributed by atoms with Crippen molar-refractivity contribution in [1.29, 1.82) is 0 Å². The van der Waals surface area contributed by atoms with Gasteiger partial charge in [0.05, 0.1) is 0 Å². The summed E-state index contributed by atoms with van der Waals surface area (Å²) in [6.45, 7) is 0. The monoisotopic (exact) mass is 252 g/mol. The first-order valence-electron chi connectivity index (χ1n) is 6.07. The van der Waals surface area contributed by atoms with E-state index in [0.717, 1.165) is 12.8 Å². The van der Waals surface area contributed by atoms with Crippen molar-refractivity contribution in [3.05, 3.63) is 29.0 Å². The van der Waals surface area contributed by atoms with Crippen molar-refractivity contribution in [1.82, 2.24) is 9.88 Å². The summed E-state index contributed by atoms with van der Waals surface area (Å²) >= 11 is 5.87. The molecule has 1 aliphatic carbocycles. The van der Waals surface area contributed by atoms with Crippen molar-refractivity contribution in [2.45, 2.75) is 38.1 Å². The largest absolute Gasteiger partial charge is 0.337 e. The third-order valence-electron chi connectivity index (χ3n) is 3.38. The summed E-state index contributed by atoms with van der Waals surface area (Å²) in [5.41, 5.74) is 0.436. The molecule has 1 aromatic rings. The molecule has 0 atom stereocenters. The maximum absolute atomic E-state index is 12.2. The van der Waals surface area contributed by atoms with E-state index in [-0.39, 0.29) is 5.91 Å². The number of carbonyl (C=O) groups excluding carboxylic acids is 1. The van der Waals surface area contributed by atoms with Crippen LogP contribution in [-0.4, -0.2) is 28.9 Å². The Morgan fingerprint density at radius 1 is 1.41 bits per heavy atom. The molecule has 92 valence electrons. The van der Waals surface area contributed by atoms with E-state index < -0.39 is 0 Å². The first kappa shape index (κ1) is 12.4. The summed E-state index contributed by atoms with van der Waals surface area (Å²) in [5.74, 6) is -0.0283. The van der Waals surface area contributed by atoms with Crippen LogP contribution in [0.4, 0.5) is 0 Å². The summed E-state index contributed by atoms with van der Waals surface area (Å²) in [6, 6.07) is 3.67. The van der Waals surface area contributed by atoms with Crippen LogP contribution in [0.2, 0.25) is 5.02 Å². The molecule has 0 aromatic carbocycles. The number of hydrogen-bond donors (Lipinski definition) is 0. The number of pyridine rings is 1. The van der Waals surface area contributed by atoms with Gasteiger partial charge in [-0.25, -0.2) is 0 Å². The third kappa shape index (κ3) is 2.97. The lowest BCUT2D eigenvalue weighted by Gasteiger charge is -2.31. The average molecular weight is 253 g/mol. The van der Waals surface area contributed by atoms with Gasteiger partial charge in [0.2, 0.25) is 0 Å². The molecule has 17 heavy (non-hydrogen) atoms. The van der Waals surface area contributed by atoms with Gasteiger partial charge in [0.1, 0.15) is 5.69 Å². The smallest absolute Gasteiger partial charge is 0.272 e. The Balaban J connectivity index is 2.08. The van der Waals surface area contributed by atoms with E-state index in [4.69, 9.17) is 11.6 Å². The van der Waals surface area contributed by atoms with Crippen LogP contribution < -0.4 is 0 Å². The van der Waals surface area contributed by atoms with E-state index in [1.54, 1.807) is 18.3 Å². The molecular formula is C13H17ClN2O. The van der Waals surface area contributed by atoms with E-state index >= 15 is 0 Å². The van der Waals surface area contributed by atoms with Crippen molar-refractivity contribution in [2.75, 3.05) is 7.05 Å². The lowest BCUT2D eigenvalue weighted by molar-refractivity contribution is 0.0690. The summed E-state index contributed by atoms with van der Waals surface area (Å²) in [6.07, 6.45) is 7.49. The SMILES string of the molecule is CN(C(=O)c1cc(Cl)ccn1)C1CCCCC1. The average Bonchev–Trinajstić information content (AvgIpc) is 2.38. The van der Waals surface area contributed by atoms with Crippen LogP contribution in [0.1, 0.15) is 42.6 Å². The first-order chi connectivity index (χ1) is 8.18. The van der Waals surface area contributed by atoms with Crippen molar-refractivity contribution in [2.24, 2.45) is 0 Å². The molecule has 0 radical (unpaired) electrons. The van der Waals surface area contributed by atoms with Crippen LogP contribution in [0.3, 0.4) is 0 Å². The quantitative estimate of drug-likeness (QED) is 0.810. The van der Waals surface area contributed by atoms with Crippen LogP contribution in [0, 0.1) is 0 Å². The molecule has 2 rings (SSSR count). The summed E-state index contributed by atoms with van der Waals surface area (Å²) < 4.78 is 0. The zero-order valence-electron chi connectivity index (χ0n) is 10.0. The zero-order chi connectivity index (χ0) is 12.3. The molecule has 1 heterocycles. The number of nitrogens with zero attached hydrogens (tertiary/aromatic N) is 2. The lowest BCUT2D eigenvalue weighted by Crippen LogP contribution is -2.38. The van der Waals surface area contributed by atoms with E-state index in [2.05, 4.69) is 4.98 Å². The fraction of sp³-hybridized carbons (Fsp3) is 0.538. The van der Waals surface area contributed by atoms with Gasteiger partial charge in [-0.15, -0.1) is 0 Å². The number of halogens is 1. The van der Waals surface area contributed by atoms with E-state index in [9.17, 15) is 4.79 Å². The lowest BCUT2D eigenvalue weighted by atomic mass is 9.94. The highest BCUT2D eigenvalue weighted by Gasteiger charge is 2.23. The molecule has 0 aliphatic heterocycles. The van der Waals surface area contributed by atoms with Crippen LogP contribution in [-0.2, 0) is 0 Å². The minimum Gasteiger partial charge on any atom is -0.337 e. The van der Waals surface area contributed by atoms with Crippen molar-refractivity contribution in [3.63, 3.8) is 0 Å². The summed E-state index contributed by atoms with van der Waals surface area (Å²) in [5, 5.41) is 0.556. The second-order valence-corrected chi connectivity index (χ2v) is 5.00. The second-order valence-electron chi connectivity index (χ2n) is 4.57. The summed E-state index contributed by atoms with van der Waals surface area (Å²) in [4.78, 5) is 18.1. The highest BCUT2D eigenvalue weighted by atomic mass is 35.5. The van der Waals surface area contributed by atoms with Crippen LogP contribution >= 0.6 is 11.6 Å². The topological polar surface area (TPSA) is 33.2 Å². The van der Waals surface area contributed by atoms with Gasteiger partial charge in [-0.3, -0.25) is 9.78 Å². The Hall–Kier alpha value is -1.09. The van der Waals surface area contributed by atoms with Gasteiger partial charge in [-0.2, -0.15) is 0 Å². The number of aromatic nitrogens is 1. The molecule has 1 aliphatic rings. The van der Waals surface area contributed by atoms with E-state index in [0.29, 0.717) is 16.8 Å². The molecule has 1 aromatic heterocycles. The molecule has 1 fully saturated rings. The normalized spacial score (nSPS) is 16.8. The molecular weight excluding hydrogens is 236 g/mol. The Labute approximate surface area is 107 Å². The zero-order valence-corrected chi connectivity index (χ0v) is 10.8. The maximum Gasteiger partial charge on any atom is 0.272 e. The van der Waals surface area contributed by atoms with Gasteiger partial charge in [-0.1, -0.05) is 30.9 Å². The minimum absolute atomic E-state index is 0.0283. The van der Waals surface area contributed by atoms with Gasteiger partial charge in [0.25, 0.3) is 5.91 Å². The van der Waals surface area contributed by atoms with Gasteiger partial charge in [-0.05, 0) is 25.0 Å². The summed E-state index contributed by atoms with van der Waals surface area (Å²) in [7, 11) is 1.86.